The Balaban J connectivity index is 1.83. The van der Waals surface area contributed by atoms with Gasteiger partial charge in [0.15, 0.2) is 5.65 Å². The minimum Gasteiger partial charge on any atom is -0.378 e. The molecular formula is C24H24ClN5O3S. The lowest BCUT2D eigenvalue weighted by molar-refractivity contribution is 0.123. The van der Waals surface area contributed by atoms with Crippen molar-refractivity contribution in [2.24, 2.45) is 7.05 Å². The highest BCUT2D eigenvalue weighted by molar-refractivity contribution is 7.94. The first kappa shape index (κ1) is 22.7. The van der Waals surface area contributed by atoms with Gasteiger partial charge in [-0.15, -0.1) is 0 Å². The van der Waals surface area contributed by atoms with Gasteiger partial charge in [0.1, 0.15) is 16.9 Å². The van der Waals surface area contributed by atoms with Gasteiger partial charge in [-0.2, -0.15) is 5.26 Å². The Hall–Kier alpha value is -3.06. The van der Waals surface area contributed by atoms with Crippen LogP contribution in [0, 0.1) is 11.3 Å². The fourth-order valence-electron chi connectivity index (χ4n) is 4.55. The predicted octanol–water partition coefficient (Wildman–Crippen LogP) is 4.21. The molecule has 3 aromatic heterocycles. The Labute approximate surface area is 203 Å². The van der Waals surface area contributed by atoms with Crippen LogP contribution in [-0.2, 0) is 21.8 Å². The van der Waals surface area contributed by atoms with Gasteiger partial charge in [-0.25, -0.2) is 17.4 Å². The van der Waals surface area contributed by atoms with Crippen LogP contribution in [0.1, 0.15) is 25.5 Å². The summed E-state index contributed by atoms with van der Waals surface area (Å²) in [6.07, 6.45) is 7.97. The Kier molecular flexibility index (Phi) is 5.76. The van der Waals surface area contributed by atoms with Crippen LogP contribution in [0.15, 0.2) is 47.2 Å². The van der Waals surface area contributed by atoms with Crippen molar-refractivity contribution >= 4 is 38.3 Å². The summed E-state index contributed by atoms with van der Waals surface area (Å²) < 4.78 is 36.0. The minimum atomic E-state index is -3.96. The average Bonchev–Trinajstić information content (AvgIpc) is 3.35. The van der Waals surface area contributed by atoms with Gasteiger partial charge in [0, 0.05) is 43.7 Å². The molecule has 4 heterocycles. The van der Waals surface area contributed by atoms with Crippen molar-refractivity contribution in [3.05, 3.63) is 58.0 Å². The van der Waals surface area contributed by atoms with E-state index in [9.17, 15) is 13.7 Å². The number of aromatic nitrogens is 3. The number of pyridine rings is 1. The number of aryl methyl sites for hydroxylation is 1. The fourth-order valence-corrected chi connectivity index (χ4v) is 6.61. The van der Waals surface area contributed by atoms with Crippen LogP contribution in [0.4, 0.5) is 5.69 Å². The molecule has 0 aromatic carbocycles. The number of rotatable bonds is 4. The fraction of sp³-hybridized carbons (Fsp3) is 0.333. The Morgan fingerprint density at radius 2 is 1.97 bits per heavy atom. The maximum absolute atomic E-state index is 13.8. The number of hydrogen-bond acceptors (Lipinski definition) is 6. The van der Waals surface area contributed by atoms with E-state index in [1.165, 1.54) is 0 Å². The van der Waals surface area contributed by atoms with Gasteiger partial charge >= 0.3 is 0 Å². The van der Waals surface area contributed by atoms with E-state index in [-0.39, 0.29) is 10.8 Å². The van der Waals surface area contributed by atoms with Gasteiger partial charge in [0.05, 0.1) is 29.2 Å². The van der Waals surface area contributed by atoms with Gasteiger partial charge in [-0.05, 0) is 38.0 Å². The van der Waals surface area contributed by atoms with Crippen molar-refractivity contribution in [2.45, 2.75) is 19.8 Å². The van der Waals surface area contributed by atoms with Gasteiger partial charge in [0.25, 0.3) is 10.0 Å². The Bertz CT molecular complexity index is 1500. The molecule has 5 rings (SSSR count). The van der Waals surface area contributed by atoms with Crippen LogP contribution in [-0.4, -0.2) is 48.2 Å². The molecule has 0 atom stereocenters. The summed E-state index contributed by atoms with van der Waals surface area (Å²) >= 11 is 6.90. The van der Waals surface area contributed by atoms with E-state index in [1.54, 1.807) is 36.2 Å². The van der Waals surface area contributed by atoms with E-state index >= 15 is 0 Å². The van der Waals surface area contributed by atoms with Crippen LogP contribution in [0.2, 0.25) is 5.15 Å². The summed E-state index contributed by atoms with van der Waals surface area (Å²) in [6, 6.07) is 5.76. The van der Waals surface area contributed by atoms with Gasteiger partial charge in [-0.3, -0.25) is 0 Å². The highest BCUT2D eigenvalue weighted by Crippen LogP contribution is 2.44. The molecule has 0 spiro atoms. The molecular weight excluding hydrogens is 474 g/mol. The topological polar surface area (TPSA) is 93.1 Å². The zero-order valence-electron chi connectivity index (χ0n) is 19.0. The third-order valence-electron chi connectivity index (χ3n) is 6.39. The molecule has 0 saturated carbocycles. The quantitative estimate of drug-likeness (QED) is 0.536. The summed E-state index contributed by atoms with van der Waals surface area (Å²) in [7, 11) is -2.19. The van der Waals surface area contributed by atoms with E-state index in [2.05, 4.69) is 16.0 Å². The molecule has 0 bridgehead atoms. The van der Waals surface area contributed by atoms with Gasteiger partial charge < -0.3 is 14.2 Å². The molecule has 2 aliphatic rings. The van der Waals surface area contributed by atoms with Crippen LogP contribution in [0.5, 0.6) is 0 Å². The van der Waals surface area contributed by atoms with Gasteiger partial charge in [0.2, 0.25) is 0 Å². The number of fused-ring (bicyclic) bond motifs is 1. The lowest BCUT2D eigenvalue weighted by atomic mass is 10.1. The lowest BCUT2D eigenvalue weighted by Gasteiger charge is -2.29. The molecule has 10 heteroatoms. The van der Waals surface area contributed by atoms with E-state index in [4.69, 9.17) is 16.3 Å². The second-order valence-electron chi connectivity index (χ2n) is 8.55. The monoisotopic (exact) mass is 497 g/mol. The highest BCUT2D eigenvalue weighted by atomic mass is 35.5. The van der Waals surface area contributed by atoms with Crippen molar-refractivity contribution in [1.29, 1.82) is 5.26 Å². The minimum absolute atomic E-state index is 0.0606. The number of nitriles is 1. The summed E-state index contributed by atoms with van der Waals surface area (Å²) in [5, 5.41) is 10.2. The third kappa shape index (κ3) is 3.63. The zero-order chi connectivity index (χ0) is 24.0. The number of morpholine rings is 1. The first-order chi connectivity index (χ1) is 16.3. The Morgan fingerprint density at radius 3 is 2.62 bits per heavy atom. The summed E-state index contributed by atoms with van der Waals surface area (Å²) in [5.41, 5.74) is 3.91. The van der Waals surface area contributed by atoms with E-state index < -0.39 is 10.0 Å². The molecule has 1 saturated heterocycles. The van der Waals surface area contributed by atoms with E-state index in [0.717, 1.165) is 15.2 Å². The van der Waals surface area contributed by atoms with E-state index in [1.807, 2.05) is 19.1 Å². The summed E-state index contributed by atoms with van der Waals surface area (Å²) in [6.45, 7) is 4.47. The first-order valence-electron chi connectivity index (χ1n) is 11.0. The van der Waals surface area contributed by atoms with Crippen LogP contribution >= 0.6 is 11.6 Å². The SMILES string of the molecule is CC1=CC=C(S(=O)(=O)n2c(Cl)c(-c3cc(C#N)n(C)c3)c3c(N4CCOCC4)ccnc32)CC1. The second-order valence-corrected chi connectivity index (χ2v) is 10.7. The molecule has 34 heavy (non-hydrogen) atoms. The summed E-state index contributed by atoms with van der Waals surface area (Å²) in [5.74, 6) is 0. The normalized spacial score (nSPS) is 16.9. The van der Waals surface area contributed by atoms with Crippen molar-refractivity contribution in [3.63, 3.8) is 0 Å². The third-order valence-corrected chi connectivity index (χ3v) is 8.68. The van der Waals surface area contributed by atoms with Gasteiger partial charge in [-0.1, -0.05) is 23.3 Å². The molecule has 0 unspecified atom stereocenters. The standard InChI is InChI=1S/C24H24ClN5O3S/c1-16-3-5-19(6-4-16)34(31,32)30-23(25)21(17-13-18(14-26)28(2)15-17)22-20(7-8-27-24(22)30)29-9-11-33-12-10-29/h3,5,7-8,13,15H,4,6,9-12H2,1-2H3. The molecule has 1 aliphatic heterocycles. The maximum atomic E-state index is 13.8. The first-order valence-corrected chi connectivity index (χ1v) is 12.8. The zero-order valence-corrected chi connectivity index (χ0v) is 20.5. The lowest BCUT2D eigenvalue weighted by Crippen LogP contribution is -2.36. The largest absolute Gasteiger partial charge is 0.378 e. The Morgan fingerprint density at radius 1 is 1.21 bits per heavy atom. The number of hydrogen-bond donors (Lipinski definition) is 0. The molecule has 1 aliphatic carbocycles. The van der Waals surface area contributed by atoms with Crippen LogP contribution in [0.25, 0.3) is 22.2 Å². The number of ether oxygens (including phenoxy) is 1. The smallest absolute Gasteiger partial charge is 0.266 e. The molecule has 0 amide bonds. The highest BCUT2D eigenvalue weighted by Gasteiger charge is 2.32. The van der Waals surface area contributed by atoms with E-state index in [0.29, 0.717) is 66.3 Å². The maximum Gasteiger partial charge on any atom is 0.266 e. The number of allylic oxidation sites excluding steroid dienone is 4. The average molecular weight is 498 g/mol. The summed E-state index contributed by atoms with van der Waals surface area (Å²) in [4.78, 5) is 6.95. The predicted molar refractivity (Wildman–Crippen MR) is 132 cm³/mol. The van der Waals surface area contributed by atoms with Crippen molar-refractivity contribution in [3.8, 4) is 17.2 Å². The van der Waals surface area contributed by atoms with Crippen molar-refractivity contribution in [1.82, 2.24) is 13.5 Å². The number of nitrogens with zero attached hydrogens (tertiary/aromatic N) is 5. The second kappa shape index (κ2) is 8.62. The van der Waals surface area contributed by atoms with Crippen LogP contribution in [0.3, 0.4) is 0 Å². The van der Waals surface area contributed by atoms with Crippen molar-refractivity contribution in [2.75, 3.05) is 31.2 Å². The molecule has 0 N–H and O–H groups in total. The van der Waals surface area contributed by atoms with Crippen molar-refractivity contribution < 1.29 is 13.2 Å². The molecule has 1 fully saturated rings. The number of halogens is 1. The molecule has 8 nitrogen and oxygen atoms in total. The molecule has 0 radical (unpaired) electrons. The van der Waals surface area contributed by atoms with Crippen LogP contribution < -0.4 is 4.90 Å². The molecule has 3 aromatic rings. The number of anilines is 1. The molecule has 176 valence electrons.